The Morgan fingerprint density at radius 2 is 1.84 bits per heavy atom. The number of hydrogen-bond acceptors (Lipinski definition) is 1. The molecular formula is C15H13BrClNO. The molecule has 0 saturated heterocycles. The molecule has 0 saturated carbocycles. The Kier molecular flexibility index (Phi) is 4.27. The third-order valence-electron chi connectivity index (χ3n) is 2.87. The molecule has 0 atom stereocenters. The van der Waals surface area contributed by atoms with Crippen LogP contribution in [0.5, 0.6) is 0 Å². The van der Waals surface area contributed by atoms with Crippen molar-refractivity contribution in [3.63, 3.8) is 0 Å². The van der Waals surface area contributed by atoms with Gasteiger partial charge in [-0.2, -0.15) is 0 Å². The predicted molar refractivity (Wildman–Crippen MR) is 83.0 cm³/mol. The molecule has 0 heterocycles. The molecule has 2 rings (SSSR count). The zero-order valence-corrected chi connectivity index (χ0v) is 13.0. The standard InChI is InChI=1S/C15H13BrClNO/c1-9-8-12(17)4-5-13(9)15(19)18-14-6-3-11(16)7-10(14)2/h3-8H,1-2H3,(H,18,19). The summed E-state index contributed by atoms with van der Waals surface area (Å²) in [4.78, 5) is 12.2. The van der Waals surface area contributed by atoms with Gasteiger partial charge in [-0.1, -0.05) is 27.5 Å². The van der Waals surface area contributed by atoms with E-state index in [1.807, 2.05) is 32.0 Å². The van der Waals surface area contributed by atoms with Crippen LogP contribution in [0.4, 0.5) is 5.69 Å². The molecular weight excluding hydrogens is 326 g/mol. The van der Waals surface area contributed by atoms with Gasteiger partial charge in [0, 0.05) is 20.7 Å². The second-order valence-corrected chi connectivity index (χ2v) is 5.72. The Bertz CT molecular complexity index is 640. The summed E-state index contributed by atoms with van der Waals surface area (Å²) in [7, 11) is 0. The lowest BCUT2D eigenvalue weighted by Gasteiger charge is -2.10. The molecule has 0 radical (unpaired) electrons. The van der Waals surface area contributed by atoms with E-state index in [0.717, 1.165) is 21.3 Å². The number of amides is 1. The minimum atomic E-state index is -0.125. The molecule has 98 valence electrons. The predicted octanol–water partition coefficient (Wildman–Crippen LogP) is 4.97. The minimum Gasteiger partial charge on any atom is -0.322 e. The average molecular weight is 339 g/mol. The third-order valence-corrected chi connectivity index (χ3v) is 3.60. The van der Waals surface area contributed by atoms with Gasteiger partial charge in [0.1, 0.15) is 0 Å². The van der Waals surface area contributed by atoms with Crippen molar-refractivity contribution in [1.29, 1.82) is 0 Å². The fourth-order valence-electron chi connectivity index (χ4n) is 1.84. The van der Waals surface area contributed by atoms with Crippen molar-refractivity contribution in [2.24, 2.45) is 0 Å². The smallest absolute Gasteiger partial charge is 0.255 e. The number of aryl methyl sites for hydroxylation is 2. The molecule has 1 N–H and O–H groups in total. The summed E-state index contributed by atoms with van der Waals surface area (Å²) in [5.74, 6) is -0.125. The maximum Gasteiger partial charge on any atom is 0.255 e. The highest BCUT2D eigenvalue weighted by Gasteiger charge is 2.10. The van der Waals surface area contributed by atoms with E-state index < -0.39 is 0 Å². The van der Waals surface area contributed by atoms with Gasteiger partial charge in [-0.15, -0.1) is 0 Å². The van der Waals surface area contributed by atoms with E-state index in [2.05, 4.69) is 21.2 Å². The number of hydrogen-bond donors (Lipinski definition) is 1. The van der Waals surface area contributed by atoms with Crippen LogP contribution in [0.1, 0.15) is 21.5 Å². The quantitative estimate of drug-likeness (QED) is 0.823. The molecule has 0 aliphatic carbocycles. The average Bonchev–Trinajstić information content (AvgIpc) is 2.32. The van der Waals surface area contributed by atoms with Crippen LogP contribution < -0.4 is 5.32 Å². The first-order valence-corrected chi connectivity index (χ1v) is 6.98. The van der Waals surface area contributed by atoms with E-state index in [0.29, 0.717) is 10.6 Å². The summed E-state index contributed by atoms with van der Waals surface area (Å²) in [6.45, 7) is 3.82. The Labute approximate surface area is 125 Å². The van der Waals surface area contributed by atoms with Crippen LogP contribution >= 0.6 is 27.5 Å². The van der Waals surface area contributed by atoms with Crippen molar-refractivity contribution in [2.45, 2.75) is 13.8 Å². The van der Waals surface area contributed by atoms with Gasteiger partial charge in [-0.25, -0.2) is 0 Å². The molecule has 2 aromatic rings. The van der Waals surface area contributed by atoms with Crippen molar-refractivity contribution in [3.05, 3.63) is 62.6 Å². The molecule has 1 amide bonds. The zero-order chi connectivity index (χ0) is 14.0. The Morgan fingerprint density at radius 3 is 2.47 bits per heavy atom. The van der Waals surface area contributed by atoms with Gasteiger partial charge in [0.05, 0.1) is 0 Å². The maximum atomic E-state index is 12.2. The molecule has 0 bridgehead atoms. The summed E-state index contributed by atoms with van der Waals surface area (Å²) in [5, 5.41) is 3.54. The normalized spacial score (nSPS) is 10.3. The number of rotatable bonds is 2. The molecule has 4 heteroatoms. The molecule has 0 spiro atoms. The number of anilines is 1. The molecule has 0 unspecified atom stereocenters. The Morgan fingerprint density at radius 1 is 1.11 bits per heavy atom. The molecule has 2 nitrogen and oxygen atoms in total. The van der Waals surface area contributed by atoms with Gasteiger partial charge in [-0.3, -0.25) is 4.79 Å². The van der Waals surface area contributed by atoms with E-state index in [9.17, 15) is 4.79 Å². The summed E-state index contributed by atoms with van der Waals surface area (Å²) in [6, 6.07) is 11.0. The van der Waals surface area contributed by atoms with E-state index in [-0.39, 0.29) is 5.91 Å². The highest BCUT2D eigenvalue weighted by Crippen LogP contribution is 2.22. The van der Waals surface area contributed by atoms with Crippen LogP contribution in [0.25, 0.3) is 0 Å². The zero-order valence-electron chi connectivity index (χ0n) is 10.6. The first-order chi connectivity index (χ1) is 8.97. The second kappa shape index (κ2) is 5.76. The van der Waals surface area contributed by atoms with Crippen LogP contribution in [0.2, 0.25) is 5.02 Å². The topological polar surface area (TPSA) is 29.1 Å². The van der Waals surface area contributed by atoms with Gasteiger partial charge in [-0.05, 0) is 61.4 Å². The maximum absolute atomic E-state index is 12.2. The first kappa shape index (κ1) is 14.1. The van der Waals surface area contributed by atoms with Gasteiger partial charge in [0.2, 0.25) is 0 Å². The molecule has 2 aromatic carbocycles. The fourth-order valence-corrected chi connectivity index (χ4v) is 2.54. The van der Waals surface area contributed by atoms with Gasteiger partial charge < -0.3 is 5.32 Å². The van der Waals surface area contributed by atoms with Crippen molar-refractivity contribution in [2.75, 3.05) is 5.32 Å². The van der Waals surface area contributed by atoms with Crippen LogP contribution in [-0.2, 0) is 0 Å². The van der Waals surface area contributed by atoms with E-state index in [4.69, 9.17) is 11.6 Å². The summed E-state index contributed by atoms with van der Waals surface area (Å²) in [5.41, 5.74) is 3.31. The Balaban J connectivity index is 2.25. The van der Waals surface area contributed by atoms with E-state index in [1.54, 1.807) is 18.2 Å². The lowest BCUT2D eigenvalue weighted by Crippen LogP contribution is -2.14. The summed E-state index contributed by atoms with van der Waals surface area (Å²) in [6.07, 6.45) is 0. The third kappa shape index (κ3) is 3.37. The first-order valence-electron chi connectivity index (χ1n) is 5.81. The highest BCUT2D eigenvalue weighted by molar-refractivity contribution is 9.10. The minimum absolute atomic E-state index is 0.125. The van der Waals surface area contributed by atoms with Crippen molar-refractivity contribution in [1.82, 2.24) is 0 Å². The van der Waals surface area contributed by atoms with Gasteiger partial charge >= 0.3 is 0 Å². The SMILES string of the molecule is Cc1cc(Br)ccc1NC(=O)c1ccc(Cl)cc1C. The number of carbonyl (C=O) groups is 1. The lowest BCUT2D eigenvalue weighted by atomic mass is 10.1. The van der Waals surface area contributed by atoms with Gasteiger partial charge in [0.15, 0.2) is 0 Å². The molecule has 0 aromatic heterocycles. The number of halogens is 2. The highest BCUT2D eigenvalue weighted by atomic mass is 79.9. The van der Waals surface area contributed by atoms with Crippen LogP contribution in [0.3, 0.4) is 0 Å². The largest absolute Gasteiger partial charge is 0.322 e. The van der Waals surface area contributed by atoms with Crippen molar-refractivity contribution in [3.8, 4) is 0 Å². The van der Waals surface area contributed by atoms with Crippen LogP contribution in [0.15, 0.2) is 40.9 Å². The van der Waals surface area contributed by atoms with Crippen LogP contribution in [0, 0.1) is 13.8 Å². The lowest BCUT2D eigenvalue weighted by molar-refractivity contribution is 0.102. The molecule has 0 aliphatic rings. The fraction of sp³-hybridized carbons (Fsp3) is 0.133. The molecule has 0 aliphatic heterocycles. The van der Waals surface area contributed by atoms with E-state index >= 15 is 0 Å². The summed E-state index contributed by atoms with van der Waals surface area (Å²) < 4.78 is 0.991. The van der Waals surface area contributed by atoms with Crippen molar-refractivity contribution >= 4 is 39.1 Å². The number of carbonyl (C=O) groups excluding carboxylic acids is 1. The molecule has 0 fully saturated rings. The van der Waals surface area contributed by atoms with Crippen LogP contribution in [-0.4, -0.2) is 5.91 Å². The number of nitrogens with one attached hydrogen (secondary N) is 1. The monoisotopic (exact) mass is 337 g/mol. The van der Waals surface area contributed by atoms with Gasteiger partial charge in [0.25, 0.3) is 5.91 Å². The second-order valence-electron chi connectivity index (χ2n) is 4.37. The van der Waals surface area contributed by atoms with E-state index in [1.165, 1.54) is 0 Å². The van der Waals surface area contributed by atoms with Crippen molar-refractivity contribution < 1.29 is 4.79 Å². The summed E-state index contributed by atoms with van der Waals surface area (Å²) >= 11 is 9.29. The number of benzene rings is 2. The molecule has 19 heavy (non-hydrogen) atoms. The Hall–Kier alpha value is -1.32.